The highest BCUT2D eigenvalue weighted by Crippen LogP contribution is 2.29. The molecule has 1 saturated carbocycles. The second-order valence-corrected chi connectivity index (χ2v) is 10.9. The molecule has 2 aliphatic heterocycles. The summed E-state index contributed by atoms with van der Waals surface area (Å²) in [5, 5.41) is 6.32. The predicted octanol–water partition coefficient (Wildman–Crippen LogP) is 2.19. The fourth-order valence-electron chi connectivity index (χ4n) is 4.97. The summed E-state index contributed by atoms with van der Waals surface area (Å²) in [6.45, 7) is 8.61. The van der Waals surface area contributed by atoms with E-state index in [9.17, 15) is 14.4 Å². The summed E-state index contributed by atoms with van der Waals surface area (Å²) in [5.74, 6) is 0.190. The summed E-state index contributed by atoms with van der Waals surface area (Å²) < 4.78 is 0. The van der Waals surface area contributed by atoms with Gasteiger partial charge in [-0.15, -0.1) is 0 Å². The van der Waals surface area contributed by atoms with E-state index < -0.39 is 0 Å². The van der Waals surface area contributed by atoms with Crippen LogP contribution in [-0.2, 0) is 27.3 Å². The fourth-order valence-corrected chi connectivity index (χ4v) is 4.97. The molecule has 2 amide bonds. The molecule has 1 aromatic carbocycles. The Morgan fingerprint density at radius 2 is 1.92 bits per heavy atom. The maximum absolute atomic E-state index is 12.9. The Bertz CT molecular complexity index is 1010. The molecule has 1 aromatic rings. The molecule has 200 valence electrons. The molecule has 0 radical (unpaired) electrons. The number of aliphatic imine (C=N–C) groups is 1. The predicted molar refractivity (Wildman–Crippen MR) is 145 cm³/mol. The number of fused-ring (bicyclic) bond motifs is 1. The largest absolute Gasteiger partial charge is 0.350 e. The monoisotopic (exact) mass is 507 g/mol. The Balaban J connectivity index is 1.24. The second-order valence-electron chi connectivity index (χ2n) is 10.9. The lowest BCUT2D eigenvalue weighted by Crippen LogP contribution is -2.61. The highest BCUT2D eigenvalue weighted by molar-refractivity contribution is 5.94. The third-order valence-corrected chi connectivity index (χ3v) is 7.51. The van der Waals surface area contributed by atoms with Gasteiger partial charge in [0.2, 0.25) is 5.91 Å². The number of nitrogens with one attached hydrogen (secondary N) is 2. The zero-order chi connectivity index (χ0) is 26.2. The number of nitrogens with zero attached hydrogens (tertiary/aromatic N) is 3. The summed E-state index contributed by atoms with van der Waals surface area (Å²) in [4.78, 5) is 45.6. The van der Waals surface area contributed by atoms with Gasteiger partial charge in [0.05, 0.1) is 0 Å². The first-order chi connectivity index (χ1) is 17.9. The van der Waals surface area contributed by atoms with Gasteiger partial charge in [0, 0.05) is 69.9 Å². The average molecular weight is 508 g/mol. The number of hydrogen-bond acceptors (Lipinski definition) is 6. The molecule has 0 bridgehead atoms. The van der Waals surface area contributed by atoms with Crippen LogP contribution in [0.5, 0.6) is 0 Å². The van der Waals surface area contributed by atoms with Crippen LogP contribution in [0.4, 0.5) is 0 Å². The summed E-state index contributed by atoms with van der Waals surface area (Å²) in [5.41, 5.74) is 3.03. The molecule has 8 heteroatoms. The van der Waals surface area contributed by atoms with Crippen LogP contribution in [0.25, 0.3) is 0 Å². The van der Waals surface area contributed by atoms with Crippen LogP contribution >= 0.6 is 0 Å². The van der Waals surface area contributed by atoms with Crippen molar-refractivity contribution in [1.82, 2.24) is 20.4 Å². The summed E-state index contributed by atoms with van der Waals surface area (Å²) >= 11 is 0. The first kappa shape index (κ1) is 27.2. The molecule has 2 heterocycles. The minimum absolute atomic E-state index is 0.214. The molecule has 2 N–H and O–H groups in total. The fraction of sp³-hybridized carbons (Fsp3) is 0.586. The van der Waals surface area contributed by atoms with Gasteiger partial charge < -0.3 is 20.3 Å². The van der Waals surface area contributed by atoms with Crippen LogP contribution < -0.4 is 10.6 Å². The van der Waals surface area contributed by atoms with E-state index in [-0.39, 0.29) is 36.2 Å². The molecule has 3 aliphatic rings. The SMILES string of the molecule is CC(C)C=N/C(=C\CNC1CN(C(=O)C2CCC2)C1)C(=O)NC[C@H](C=O)CN1CCc2ccccc2C1. The molecule has 1 aliphatic carbocycles. The smallest absolute Gasteiger partial charge is 0.269 e. The van der Waals surface area contributed by atoms with Crippen molar-refractivity contribution in [1.29, 1.82) is 0 Å². The van der Waals surface area contributed by atoms with Crippen molar-refractivity contribution >= 4 is 24.3 Å². The third-order valence-electron chi connectivity index (χ3n) is 7.51. The molecule has 0 spiro atoms. The Morgan fingerprint density at radius 1 is 1.16 bits per heavy atom. The van der Waals surface area contributed by atoms with Crippen LogP contribution in [0, 0.1) is 17.8 Å². The normalized spacial score (nSPS) is 19.9. The maximum Gasteiger partial charge on any atom is 0.269 e. The van der Waals surface area contributed by atoms with Crippen LogP contribution in [0.2, 0.25) is 0 Å². The van der Waals surface area contributed by atoms with Crippen LogP contribution in [0.15, 0.2) is 41.0 Å². The Kier molecular flexibility index (Phi) is 9.63. The van der Waals surface area contributed by atoms with Crippen LogP contribution in [0.3, 0.4) is 0 Å². The summed E-state index contributed by atoms with van der Waals surface area (Å²) in [6, 6.07) is 8.67. The standard InChI is InChI=1S/C29H41N5O3/c1-21(2)14-31-27(10-12-30-26-18-34(19-26)29(37)24-8-5-9-24)28(36)32-15-22(20-35)16-33-13-11-23-6-3-4-7-25(23)17-33/h3-4,6-7,10,14,20-22,24,26,30H,5,8-9,11-13,15-19H2,1-2H3,(H,32,36)/b27-10-,31-14?/t22-/m0/s1. The molecule has 0 unspecified atom stereocenters. The lowest BCUT2D eigenvalue weighted by molar-refractivity contribution is -0.143. The number of amides is 2. The van der Waals surface area contributed by atoms with E-state index in [2.05, 4.69) is 44.8 Å². The van der Waals surface area contributed by atoms with E-state index in [0.29, 0.717) is 24.7 Å². The van der Waals surface area contributed by atoms with E-state index in [1.54, 1.807) is 12.3 Å². The number of likely N-dealkylation sites (tertiary alicyclic amines) is 1. The zero-order valence-corrected chi connectivity index (χ0v) is 22.2. The van der Waals surface area contributed by atoms with Gasteiger partial charge in [-0.2, -0.15) is 0 Å². The van der Waals surface area contributed by atoms with E-state index in [4.69, 9.17) is 0 Å². The third kappa shape index (κ3) is 7.58. The molecule has 1 atom stereocenters. The van der Waals surface area contributed by atoms with Gasteiger partial charge in [-0.05, 0) is 42.4 Å². The van der Waals surface area contributed by atoms with Crippen LogP contribution in [0.1, 0.15) is 44.2 Å². The minimum Gasteiger partial charge on any atom is -0.350 e. The number of carbonyl (C=O) groups is 3. The quantitative estimate of drug-likeness (QED) is 0.257. The van der Waals surface area contributed by atoms with Gasteiger partial charge >= 0.3 is 0 Å². The molecule has 4 rings (SSSR count). The van der Waals surface area contributed by atoms with Gasteiger partial charge in [0.1, 0.15) is 12.0 Å². The number of benzene rings is 1. The Hall–Kier alpha value is -2.84. The van der Waals surface area contributed by atoms with Crippen LogP contribution in [-0.4, -0.2) is 79.4 Å². The average Bonchev–Trinajstić information content (AvgIpc) is 2.83. The van der Waals surface area contributed by atoms with Crippen molar-refractivity contribution in [3.8, 4) is 0 Å². The summed E-state index contributed by atoms with van der Waals surface area (Å²) in [6.07, 6.45) is 8.69. The lowest BCUT2D eigenvalue weighted by atomic mass is 9.83. The van der Waals surface area contributed by atoms with Crippen molar-refractivity contribution in [3.05, 3.63) is 47.2 Å². The van der Waals surface area contributed by atoms with E-state index in [1.165, 1.54) is 17.5 Å². The zero-order valence-electron chi connectivity index (χ0n) is 22.2. The number of hydrogen-bond donors (Lipinski definition) is 2. The molecular weight excluding hydrogens is 466 g/mol. The first-order valence-electron chi connectivity index (χ1n) is 13.7. The summed E-state index contributed by atoms with van der Waals surface area (Å²) in [7, 11) is 0. The number of rotatable bonds is 12. The lowest BCUT2D eigenvalue weighted by Gasteiger charge is -2.43. The van der Waals surface area contributed by atoms with Gasteiger partial charge in [-0.1, -0.05) is 44.5 Å². The van der Waals surface area contributed by atoms with Crippen molar-refractivity contribution in [2.24, 2.45) is 22.7 Å². The van der Waals surface area contributed by atoms with Gasteiger partial charge in [-0.25, -0.2) is 0 Å². The van der Waals surface area contributed by atoms with E-state index in [1.807, 2.05) is 18.7 Å². The molecule has 0 aromatic heterocycles. The van der Waals surface area contributed by atoms with Gasteiger partial charge in [0.25, 0.3) is 5.91 Å². The van der Waals surface area contributed by atoms with Crippen molar-refractivity contribution in [2.75, 3.05) is 39.3 Å². The highest BCUT2D eigenvalue weighted by Gasteiger charge is 2.36. The molecule has 8 nitrogen and oxygen atoms in total. The Morgan fingerprint density at radius 3 is 2.59 bits per heavy atom. The second kappa shape index (κ2) is 13.1. The molecule has 2 fully saturated rings. The van der Waals surface area contributed by atoms with Crippen molar-refractivity contribution < 1.29 is 14.4 Å². The minimum atomic E-state index is -0.281. The van der Waals surface area contributed by atoms with Crippen molar-refractivity contribution in [3.63, 3.8) is 0 Å². The molecule has 37 heavy (non-hydrogen) atoms. The van der Waals surface area contributed by atoms with E-state index in [0.717, 1.165) is 51.7 Å². The van der Waals surface area contributed by atoms with Gasteiger partial charge in [0.15, 0.2) is 0 Å². The Labute approximate surface area is 220 Å². The highest BCUT2D eigenvalue weighted by atomic mass is 16.2. The first-order valence-corrected chi connectivity index (χ1v) is 13.7. The number of carbonyl (C=O) groups excluding carboxylic acids is 3. The molecular formula is C29H41N5O3. The molecule has 1 saturated heterocycles. The topological polar surface area (TPSA) is 94.1 Å². The van der Waals surface area contributed by atoms with Gasteiger partial charge in [-0.3, -0.25) is 19.5 Å². The number of aldehydes is 1. The van der Waals surface area contributed by atoms with Crippen molar-refractivity contribution in [2.45, 2.75) is 52.1 Å². The maximum atomic E-state index is 12.9. The van der Waals surface area contributed by atoms with E-state index >= 15 is 0 Å².